The van der Waals surface area contributed by atoms with Gasteiger partial charge in [-0.1, -0.05) is 23.8 Å². The maximum atomic E-state index is 6.48. The van der Waals surface area contributed by atoms with Crippen LogP contribution in [-0.2, 0) is 4.74 Å². The fourth-order valence-electron chi connectivity index (χ4n) is 3.40. The van der Waals surface area contributed by atoms with Gasteiger partial charge in [-0.15, -0.1) is 0 Å². The Balaban J connectivity index is 1.86. The molecule has 3 rings (SSSR count). The molecule has 0 saturated carbocycles. The molecule has 2 bridgehead atoms. The van der Waals surface area contributed by atoms with Gasteiger partial charge >= 0.3 is 0 Å². The van der Waals surface area contributed by atoms with Crippen molar-refractivity contribution >= 4 is 0 Å². The van der Waals surface area contributed by atoms with Crippen molar-refractivity contribution in [3.63, 3.8) is 0 Å². The number of aryl methyl sites for hydroxylation is 2. The molecule has 2 N–H and O–H groups in total. The highest BCUT2D eigenvalue weighted by Gasteiger charge is 2.43. The first kappa shape index (κ1) is 11.2. The minimum atomic E-state index is 0.144. The van der Waals surface area contributed by atoms with Gasteiger partial charge in [0.1, 0.15) is 0 Å². The van der Waals surface area contributed by atoms with Crippen molar-refractivity contribution in [2.45, 2.75) is 51.4 Å². The normalized spacial score (nSPS) is 33.0. The number of hydrogen-bond acceptors (Lipinski definition) is 2. The molecule has 4 atom stereocenters. The van der Waals surface area contributed by atoms with Gasteiger partial charge in [-0.3, -0.25) is 0 Å². The van der Waals surface area contributed by atoms with Crippen LogP contribution in [0.5, 0.6) is 0 Å². The number of benzene rings is 1. The average Bonchev–Trinajstić information content (AvgIpc) is 2.93. The first-order valence-electron chi connectivity index (χ1n) is 6.63. The van der Waals surface area contributed by atoms with Crippen LogP contribution >= 0.6 is 0 Å². The van der Waals surface area contributed by atoms with Gasteiger partial charge in [-0.2, -0.15) is 0 Å². The summed E-state index contributed by atoms with van der Waals surface area (Å²) in [7, 11) is 0. The van der Waals surface area contributed by atoms with Gasteiger partial charge in [-0.25, -0.2) is 0 Å². The molecular formula is C15H21NO. The molecule has 0 radical (unpaired) electrons. The summed E-state index contributed by atoms with van der Waals surface area (Å²) in [4.78, 5) is 0. The monoisotopic (exact) mass is 231 g/mol. The van der Waals surface area contributed by atoms with E-state index in [1.54, 1.807) is 0 Å². The summed E-state index contributed by atoms with van der Waals surface area (Å²) in [6.07, 6.45) is 4.49. The molecule has 0 amide bonds. The van der Waals surface area contributed by atoms with Gasteiger partial charge in [0.25, 0.3) is 0 Å². The third-order valence-electron chi connectivity index (χ3n) is 4.41. The van der Waals surface area contributed by atoms with Crippen LogP contribution in [0.15, 0.2) is 18.2 Å². The summed E-state index contributed by atoms with van der Waals surface area (Å²) in [5, 5.41) is 0. The van der Waals surface area contributed by atoms with Crippen LogP contribution in [0.1, 0.15) is 42.0 Å². The van der Waals surface area contributed by atoms with Gasteiger partial charge in [0, 0.05) is 12.0 Å². The Morgan fingerprint density at radius 2 is 2.12 bits per heavy atom. The number of nitrogens with two attached hydrogens (primary N) is 1. The van der Waals surface area contributed by atoms with Crippen LogP contribution < -0.4 is 5.73 Å². The molecule has 2 aliphatic rings. The van der Waals surface area contributed by atoms with E-state index in [1.165, 1.54) is 29.5 Å². The smallest absolute Gasteiger partial charge is 0.0627 e. The summed E-state index contributed by atoms with van der Waals surface area (Å²) in [5.41, 5.74) is 10.4. The van der Waals surface area contributed by atoms with Crippen molar-refractivity contribution in [2.24, 2.45) is 11.7 Å². The summed E-state index contributed by atoms with van der Waals surface area (Å²) in [6.45, 7) is 4.29. The molecule has 1 aromatic rings. The molecule has 0 aliphatic carbocycles. The van der Waals surface area contributed by atoms with E-state index >= 15 is 0 Å². The van der Waals surface area contributed by atoms with Crippen molar-refractivity contribution in [2.75, 3.05) is 0 Å². The molecule has 0 aromatic heterocycles. The predicted molar refractivity (Wildman–Crippen MR) is 68.8 cm³/mol. The molecule has 92 valence electrons. The van der Waals surface area contributed by atoms with Gasteiger partial charge in [0.2, 0.25) is 0 Å². The lowest BCUT2D eigenvalue weighted by Crippen LogP contribution is -2.29. The van der Waals surface area contributed by atoms with E-state index in [-0.39, 0.29) is 6.04 Å². The Kier molecular flexibility index (Phi) is 2.72. The van der Waals surface area contributed by atoms with E-state index in [4.69, 9.17) is 10.5 Å². The topological polar surface area (TPSA) is 35.2 Å². The molecule has 2 heteroatoms. The summed E-state index contributed by atoms with van der Waals surface area (Å²) in [6, 6.07) is 6.72. The van der Waals surface area contributed by atoms with E-state index in [1.807, 2.05) is 0 Å². The van der Waals surface area contributed by atoms with Crippen LogP contribution in [0, 0.1) is 19.8 Å². The molecule has 0 spiro atoms. The van der Waals surface area contributed by atoms with Crippen molar-refractivity contribution in [3.05, 3.63) is 34.9 Å². The van der Waals surface area contributed by atoms with Gasteiger partial charge in [0.15, 0.2) is 0 Å². The standard InChI is InChI=1S/C15H21NO/c1-9-3-4-10(2)12(7-9)15(16)13-8-11-5-6-14(13)17-11/h3-4,7,11,13-15H,5-6,8,16H2,1-2H3. The highest BCUT2D eigenvalue weighted by atomic mass is 16.5. The first-order valence-corrected chi connectivity index (χ1v) is 6.63. The lowest BCUT2D eigenvalue weighted by Gasteiger charge is -2.27. The summed E-state index contributed by atoms with van der Waals surface area (Å²) >= 11 is 0. The molecule has 4 unspecified atom stereocenters. The second-order valence-electron chi connectivity index (χ2n) is 5.66. The maximum Gasteiger partial charge on any atom is 0.0627 e. The maximum absolute atomic E-state index is 6.48. The zero-order valence-electron chi connectivity index (χ0n) is 10.6. The minimum absolute atomic E-state index is 0.144. The Morgan fingerprint density at radius 3 is 2.76 bits per heavy atom. The van der Waals surface area contributed by atoms with Crippen LogP contribution in [0.3, 0.4) is 0 Å². The van der Waals surface area contributed by atoms with Crippen molar-refractivity contribution < 1.29 is 4.74 Å². The third kappa shape index (κ3) is 1.90. The minimum Gasteiger partial charge on any atom is -0.375 e. The Bertz CT molecular complexity index is 429. The number of ether oxygens (including phenoxy) is 1. The quantitative estimate of drug-likeness (QED) is 0.849. The highest BCUT2D eigenvalue weighted by Crippen LogP contribution is 2.44. The van der Waals surface area contributed by atoms with Gasteiger partial charge < -0.3 is 10.5 Å². The second-order valence-corrected chi connectivity index (χ2v) is 5.66. The Labute approximate surface area is 103 Å². The Morgan fingerprint density at radius 1 is 1.29 bits per heavy atom. The molecular weight excluding hydrogens is 210 g/mol. The summed E-state index contributed by atoms with van der Waals surface area (Å²) < 4.78 is 5.92. The predicted octanol–water partition coefficient (Wildman–Crippen LogP) is 2.87. The van der Waals surface area contributed by atoms with Crippen LogP contribution in [-0.4, -0.2) is 12.2 Å². The summed E-state index contributed by atoms with van der Waals surface area (Å²) in [5.74, 6) is 0.522. The number of fused-ring (bicyclic) bond motifs is 2. The number of hydrogen-bond donors (Lipinski definition) is 1. The van der Waals surface area contributed by atoms with Gasteiger partial charge in [0.05, 0.1) is 12.2 Å². The van der Waals surface area contributed by atoms with Crippen molar-refractivity contribution in [1.82, 2.24) is 0 Å². The zero-order chi connectivity index (χ0) is 12.0. The number of rotatable bonds is 2. The lowest BCUT2D eigenvalue weighted by molar-refractivity contribution is 0.0884. The van der Waals surface area contributed by atoms with Gasteiger partial charge in [-0.05, 0) is 44.2 Å². The van der Waals surface area contributed by atoms with Crippen molar-refractivity contribution in [1.29, 1.82) is 0 Å². The first-order chi connectivity index (χ1) is 8.15. The zero-order valence-corrected chi connectivity index (χ0v) is 10.6. The average molecular weight is 231 g/mol. The molecule has 2 nitrogen and oxygen atoms in total. The largest absolute Gasteiger partial charge is 0.375 e. The Hall–Kier alpha value is -0.860. The fraction of sp³-hybridized carbons (Fsp3) is 0.600. The van der Waals surface area contributed by atoms with E-state index in [9.17, 15) is 0 Å². The van der Waals surface area contributed by atoms with Crippen LogP contribution in [0.4, 0.5) is 0 Å². The SMILES string of the molecule is Cc1ccc(C)c(C(N)C2CC3CCC2O3)c1. The molecule has 1 aromatic carbocycles. The molecule has 2 aliphatic heterocycles. The van der Waals surface area contributed by atoms with Crippen molar-refractivity contribution in [3.8, 4) is 0 Å². The highest BCUT2D eigenvalue weighted by molar-refractivity contribution is 5.33. The van der Waals surface area contributed by atoms with E-state index < -0.39 is 0 Å². The molecule has 2 saturated heterocycles. The van der Waals surface area contributed by atoms with E-state index in [2.05, 4.69) is 32.0 Å². The lowest BCUT2D eigenvalue weighted by atomic mass is 9.80. The molecule has 2 heterocycles. The third-order valence-corrected chi connectivity index (χ3v) is 4.41. The van der Waals surface area contributed by atoms with E-state index in [0.717, 1.165) is 6.42 Å². The second kappa shape index (κ2) is 4.11. The molecule has 2 fully saturated rings. The van der Waals surface area contributed by atoms with Crippen LogP contribution in [0.25, 0.3) is 0 Å². The van der Waals surface area contributed by atoms with Crippen LogP contribution in [0.2, 0.25) is 0 Å². The fourth-order valence-corrected chi connectivity index (χ4v) is 3.40. The molecule has 17 heavy (non-hydrogen) atoms. The van der Waals surface area contributed by atoms with E-state index in [0.29, 0.717) is 18.1 Å².